The maximum absolute atomic E-state index is 4.72. The zero-order valence-corrected chi connectivity index (χ0v) is 16.7. The molecule has 0 radical (unpaired) electrons. The Balaban J connectivity index is 1.54. The molecule has 2 bridgehead atoms. The number of fused-ring (bicyclic) bond motifs is 3. The molecular weight excluding hydrogens is 318 g/mol. The fourth-order valence-corrected chi connectivity index (χ4v) is 5.47. The first-order valence-corrected chi connectivity index (χ1v) is 10.5. The second kappa shape index (κ2) is 6.83. The minimum atomic E-state index is 0.275. The third-order valence-corrected chi connectivity index (χ3v) is 7.37. The van der Waals surface area contributed by atoms with Crippen molar-refractivity contribution >= 4 is 0 Å². The van der Waals surface area contributed by atoms with Gasteiger partial charge in [-0.25, -0.2) is 0 Å². The van der Waals surface area contributed by atoms with Gasteiger partial charge in [0.15, 0.2) is 5.82 Å². The number of nitrogens with zero attached hydrogens (tertiary/aromatic N) is 3. The average Bonchev–Trinajstić information content (AvgIpc) is 3.06. The van der Waals surface area contributed by atoms with E-state index < -0.39 is 0 Å². The standard InChI is InChI=1S/C23H33N3/c1-4-5-6-11-22-12-15-23(16-13-22,17-14-22)21-25-24-20(26(21)3)19-9-7-18(2)8-10-19/h7-10H,4-6,11-17H2,1-3H3. The lowest BCUT2D eigenvalue weighted by Gasteiger charge is -2.53. The Morgan fingerprint density at radius 2 is 1.58 bits per heavy atom. The predicted octanol–water partition coefficient (Wildman–Crippen LogP) is 5.96. The van der Waals surface area contributed by atoms with E-state index in [1.807, 2.05) is 0 Å². The molecule has 0 N–H and O–H groups in total. The molecular formula is C23H33N3. The monoisotopic (exact) mass is 351 g/mol. The SMILES string of the molecule is CCCCCC12CCC(c3nnc(-c4ccc(C)cc4)n3C)(CC1)CC2. The highest BCUT2D eigenvalue weighted by atomic mass is 15.3. The normalized spacial score (nSPS) is 27.8. The molecule has 3 nitrogen and oxygen atoms in total. The van der Waals surface area contributed by atoms with Crippen molar-refractivity contribution in [1.82, 2.24) is 14.8 Å². The van der Waals surface area contributed by atoms with Gasteiger partial charge in [0.1, 0.15) is 5.82 Å². The summed E-state index contributed by atoms with van der Waals surface area (Å²) >= 11 is 0. The van der Waals surface area contributed by atoms with Crippen LogP contribution < -0.4 is 0 Å². The number of benzene rings is 1. The second-order valence-corrected chi connectivity index (χ2v) is 9.01. The minimum Gasteiger partial charge on any atom is -0.314 e. The lowest BCUT2D eigenvalue weighted by Crippen LogP contribution is -2.45. The lowest BCUT2D eigenvalue weighted by molar-refractivity contribution is 0.0250. The summed E-state index contributed by atoms with van der Waals surface area (Å²) in [4.78, 5) is 0. The van der Waals surface area contributed by atoms with Crippen molar-refractivity contribution in [3.8, 4) is 11.4 Å². The van der Waals surface area contributed by atoms with Crippen LogP contribution in [0.2, 0.25) is 0 Å². The van der Waals surface area contributed by atoms with E-state index in [0.29, 0.717) is 5.41 Å². The molecule has 0 spiro atoms. The Hall–Kier alpha value is -1.64. The van der Waals surface area contributed by atoms with Gasteiger partial charge in [0, 0.05) is 18.0 Å². The summed E-state index contributed by atoms with van der Waals surface area (Å²) in [6.45, 7) is 4.44. The van der Waals surface area contributed by atoms with E-state index in [9.17, 15) is 0 Å². The molecule has 140 valence electrons. The molecule has 5 rings (SSSR count). The average molecular weight is 352 g/mol. The molecule has 3 saturated carbocycles. The van der Waals surface area contributed by atoms with E-state index in [-0.39, 0.29) is 5.41 Å². The van der Waals surface area contributed by atoms with Gasteiger partial charge < -0.3 is 4.57 Å². The molecule has 1 aromatic carbocycles. The number of aromatic nitrogens is 3. The van der Waals surface area contributed by atoms with E-state index in [2.05, 4.69) is 54.8 Å². The van der Waals surface area contributed by atoms with E-state index >= 15 is 0 Å². The van der Waals surface area contributed by atoms with Crippen molar-refractivity contribution in [1.29, 1.82) is 0 Å². The van der Waals surface area contributed by atoms with E-state index in [1.54, 1.807) is 0 Å². The molecule has 0 unspecified atom stereocenters. The number of hydrogen-bond donors (Lipinski definition) is 0. The number of hydrogen-bond acceptors (Lipinski definition) is 2. The maximum atomic E-state index is 4.72. The van der Waals surface area contributed by atoms with Gasteiger partial charge in [-0.2, -0.15) is 0 Å². The molecule has 26 heavy (non-hydrogen) atoms. The van der Waals surface area contributed by atoms with Crippen LogP contribution in [0.3, 0.4) is 0 Å². The van der Waals surface area contributed by atoms with Gasteiger partial charge in [-0.15, -0.1) is 10.2 Å². The highest BCUT2D eigenvalue weighted by Crippen LogP contribution is 2.59. The number of rotatable bonds is 6. The fraction of sp³-hybridized carbons (Fsp3) is 0.652. The summed E-state index contributed by atoms with van der Waals surface area (Å²) in [5.74, 6) is 2.25. The van der Waals surface area contributed by atoms with Crippen LogP contribution in [0.15, 0.2) is 24.3 Å². The third kappa shape index (κ3) is 3.00. The first-order chi connectivity index (χ1) is 12.6. The molecule has 1 aromatic heterocycles. The van der Waals surface area contributed by atoms with Crippen LogP contribution in [0.5, 0.6) is 0 Å². The van der Waals surface area contributed by atoms with Crippen molar-refractivity contribution < 1.29 is 0 Å². The van der Waals surface area contributed by atoms with Gasteiger partial charge in [0.25, 0.3) is 0 Å². The molecule has 0 atom stereocenters. The molecule has 3 aliphatic carbocycles. The summed E-state index contributed by atoms with van der Waals surface area (Å²) < 4.78 is 2.28. The molecule has 0 saturated heterocycles. The van der Waals surface area contributed by atoms with Gasteiger partial charge in [0.2, 0.25) is 0 Å². The van der Waals surface area contributed by atoms with Crippen LogP contribution in [0, 0.1) is 12.3 Å². The van der Waals surface area contributed by atoms with Crippen LogP contribution in [0.1, 0.15) is 82.5 Å². The van der Waals surface area contributed by atoms with Crippen molar-refractivity contribution in [2.24, 2.45) is 12.5 Å². The minimum absolute atomic E-state index is 0.275. The third-order valence-electron chi connectivity index (χ3n) is 7.37. The first-order valence-electron chi connectivity index (χ1n) is 10.5. The highest BCUT2D eigenvalue weighted by Gasteiger charge is 2.51. The summed E-state index contributed by atoms with van der Waals surface area (Å²) in [5.41, 5.74) is 3.38. The number of aryl methyl sites for hydroxylation is 1. The smallest absolute Gasteiger partial charge is 0.163 e. The zero-order chi connectivity index (χ0) is 18.2. The van der Waals surface area contributed by atoms with Gasteiger partial charge >= 0.3 is 0 Å². The van der Waals surface area contributed by atoms with E-state index in [0.717, 1.165) is 5.82 Å². The van der Waals surface area contributed by atoms with E-state index in [4.69, 9.17) is 5.10 Å². The van der Waals surface area contributed by atoms with Crippen molar-refractivity contribution in [2.45, 2.75) is 83.5 Å². The summed E-state index contributed by atoms with van der Waals surface area (Å²) in [7, 11) is 2.16. The van der Waals surface area contributed by atoms with Crippen molar-refractivity contribution in [3.05, 3.63) is 35.7 Å². The molecule has 3 heteroatoms. The van der Waals surface area contributed by atoms with Crippen LogP contribution in [0.25, 0.3) is 11.4 Å². The van der Waals surface area contributed by atoms with Gasteiger partial charge in [-0.3, -0.25) is 0 Å². The Morgan fingerprint density at radius 3 is 2.19 bits per heavy atom. The van der Waals surface area contributed by atoms with Crippen LogP contribution in [-0.4, -0.2) is 14.8 Å². The summed E-state index contributed by atoms with van der Waals surface area (Å²) in [5, 5.41) is 9.31. The highest BCUT2D eigenvalue weighted by molar-refractivity contribution is 5.56. The maximum Gasteiger partial charge on any atom is 0.163 e. The molecule has 3 aliphatic rings. The lowest BCUT2D eigenvalue weighted by atomic mass is 9.52. The second-order valence-electron chi connectivity index (χ2n) is 9.01. The van der Waals surface area contributed by atoms with E-state index in [1.165, 1.54) is 81.2 Å². The van der Waals surface area contributed by atoms with Crippen LogP contribution >= 0.6 is 0 Å². The Bertz CT molecular complexity index is 732. The van der Waals surface area contributed by atoms with Crippen molar-refractivity contribution in [2.75, 3.05) is 0 Å². The largest absolute Gasteiger partial charge is 0.314 e. The molecule has 0 amide bonds. The summed E-state index contributed by atoms with van der Waals surface area (Å²) in [6, 6.07) is 8.66. The molecule has 2 aromatic rings. The molecule has 3 fully saturated rings. The zero-order valence-electron chi connectivity index (χ0n) is 16.7. The Morgan fingerprint density at radius 1 is 0.923 bits per heavy atom. The Labute approximate surface area is 158 Å². The van der Waals surface area contributed by atoms with Gasteiger partial charge in [0.05, 0.1) is 0 Å². The quantitative estimate of drug-likeness (QED) is 0.601. The van der Waals surface area contributed by atoms with Crippen LogP contribution in [-0.2, 0) is 12.5 Å². The van der Waals surface area contributed by atoms with Gasteiger partial charge in [-0.05, 0) is 57.3 Å². The fourth-order valence-electron chi connectivity index (χ4n) is 5.47. The topological polar surface area (TPSA) is 30.7 Å². The molecule has 1 heterocycles. The predicted molar refractivity (Wildman–Crippen MR) is 107 cm³/mol. The first kappa shape index (κ1) is 17.8. The summed E-state index contributed by atoms with van der Waals surface area (Å²) in [6.07, 6.45) is 13.7. The van der Waals surface area contributed by atoms with Crippen molar-refractivity contribution in [3.63, 3.8) is 0 Å². The van der Waals surface area contributed by atoms with Crippen LogP contribution in [0.4, 0.5) is 0 Å². The Kier molecular flexibility index (Phi) is 4.66. The molecule has 0 aliphatic heterocycles. The van der Waals surface area contributed by atoms with Gasteiger partial charge in [-0.1, -0.05) is 56.0 Å². The number of unbranched alkanes of at least 4 members (excludes halogenated alkanes) is 2.